The summed E-state index contributed by atoms with van der Waals surface area (Å²) in [5, 5.41) is 3.37. The van der Waals surface area contributed by atoms with Crippen molar-refractivity contribution in [3.05, 3.63) is 0 Å². The molecule has 0 fully saturated rings. The van der Waals surface area contributed by atoms with Crippen molar-refractivity contribution in [2.24, 2.45) is 0 Å². The summed E-state index contributed by atoms with van der Waals surface area (Å²) >= 11 is 7.07. The van der Waals surface area contributed by atoms with E-state index in [9.17, 15) is 0 Å². The summed E-state index contributed by atoms with van der Waals surface area (Å²) < 4.78 is 0. The molecule has 0 aromatic rings. The molecule has 6 N–H and O–H groups in total. The normalized spacial score (nSPS) is 11.4. The van der Waals surface area contributed by atoms with Gasteiger partial charge in [0.1, 0.15) is 0 Å². The Balaban J connectivity index is -0.00000167. The fraction of sp³-hybridized carbons (Fsp3) is 1.00. The minimum Gasteiger partial charge on any atom is -0.325 e. The van der Waals surface area contributed by atoms with Crippen LogP contribution in [0.4, 0.5) is 0 Å². The van der Waals surface area contributed by atoms with Crippen LogP contribution in [0.2, 0.25) is 10.0 Å². The summed E-state index contributed by atoms with van der Waals surface area (Å²) in [6.45, 7) is -2.99. The molecule has 0 rings (SSSR count). The molecule has 0 bridgehead atoms. The predicted octanol–water partition coefficient (Wildman–Crippen LogP) is 12.8. The molecular weight excluding hydrogens is 720 g/mol. The van der Waals surface area contributed by atoms with Crippen molar-refractivity contribution < 1.29 is 46.5 Å². The van der Waals surface area contributed by atoms with Gasteiger partial charge in [0.15, 0.2) is 0 Å². The van der Waals surface area contributed by atoms with Crippen LogP contribution in [0.25, 0.3) is 0 Å². The molecule has 0 radical (unpaired) electrons. The van der Waals surface area contributed by atoms with Gasteiger partial charge in [-0.15, -0.1) is 0 Å². The molecule has 0 saturated heterocycles. The second-order valence-electron chi connectivity index (χ2n) is 13.7. The van der Waals surface area contributed by atoms with Gasteiger partial charge in [0.2, 0.25) is 0 Å². The van der Waals surface area contributed by atoms with Crippen molar-refractivity contribution in [3.8, 4) is 0 Å². The van der Waals surface area contributed by atoms with Gasteiger partial charge in [-0.3, -0.25) is 0 Å². The van der Waals surface area contributed by atoms with E-state index < -0.39 is 13.4 Å². The topological polar surface area (TPSA) is 121 Å². The van der Waals surface area contributed by atoms with Gasteiger partial charge in [0.05, 0.1) is 0 Å². The van der Waals surface area contributed by atoms with Crippen LogP contribution in [0.1, 0.15) is 219 Å². The Bertz CT molecular complexity index is 597. The van der Waals surface area contributed by atoms with Crippen molar-refractivity contribution in [2.45, 2.75) is 229 Å². The zero-order valence-electron chi connectivity index (χ0n) is 31.1. The van der Waals surface area contributed by atoms with Crippen LogP contribution in [0.3, 0.4) is 0 Å². The van der Waals surface area contributed by atoms with Gasteiger partial charge < -0.3 is 29.4 Å². The molecule has 47 heavy (non-hydrogen) atoms. The molecule has 0 saturated carbocycles. The van der Waals surface area contributed by atoms with Crippen LogP contribution in [-0.2, 0) is 40.7 Å². The number of unbranched alkanes of at least 4 members (excludes halogenated alkanes) is 30. The molecule has 0 aliphatic rings. The first-order chi connectivity index (χ1) is 22.4. The summed E-state index contributed by atoms with van der Waals surface area (Å²) in [5.74, 6) is 0. The third-order valence-corrected chi connectivity index (χ3v) is 12.9. The number of hydrogen-bond donors (Lipinski definition) is 6. The molecule has 0 amide bonds. The number of hydrogen-bond acceptors (Lipinski definition) is 2. The summed E-state index contributed by atoms with van der Waals surface area (Å²) in [6.07, 6.45) is 47.9. The average molecular weight is 801 g/mol. The van der Waals surface area contributed by atoms with Crippen LogP contribution in [0, 0.1) is 0 Å². The molecular formula is C36H80O6P2S2Zn. The van der Waals surface area contributed by atoms with Crippen LogP contribution in [0.15, 0.2) is 0 Å². The zero-order chi connectivity index (χ0) is 35.7. The van der Waals surface area contributed by atoms with Crippen LogP contribution in [-0.4, -0.2) is 29.4 Å². The van der Waals surface area contributed by atoms with Gasteiger partial charge in [0, 0.05) is 0 Å². The standard InChI is InChI=1S/2C18H37.2H3O3PS.Zn/c2*1-3-5-7-9-11-13-15-17-18-16-14-12-10-8-6-4-2;2*1-4(2,3)5;/h2*1,3-18H2,2H3;2*(H3,1,2,3,5);. The minimum absolute atomic E-state index is 0.143. The second-order valence-corrected chi connectivity index (χ2v) is 23.1. The fourth-order valence-corrected chi connectivity index (χ4v) is 9.69. The van der Waals surface area contributed by atoms with E-state index in [0.717, 1.165) is 0 Å². The van der Waals surface area contributed by atoms with Gasteiger partial charge >= 0.3 is 182 Å². The molecule has 11 heteroatoms. The molecule has 0 aromatic heterocycles. The van der Waals surface area contributed by atoms with Gasteiger partial charge in [-0.05, 0) is 23.6 Å². The maximum absolute atomic E-state index is 7.56. The molecule has 0 spiro atoms. The quantitative estimate of drug-likeness (QED) is 0.0216. The van der Waals surface area contributed by atoms with Gasteiger partial charge in [-0.25, -0.2) is 0 Å². The molecule has 6 nitrogen and oxygen atoms in total. The van der Waals surface area contributed by atoms with E-state index in [1.807, 2.05) is 0 Å². The summed E-state index contributed by atoms with van der Waals surface area (Å²) in [7, 11) is 0. The zero-order valence-corrected chi connectivity index (χ0v) is 37.5. The van der Waals surface area contributed by atoms with Crippen molar-refractivity contribution in [2.75, 3.05) is 0 Å². The van der Waals surface area contributed by atoms with Crippen molar-refractivity contribution >= 4 is 37.1 Å². The van der Waals surface area contributed by atoms with Crippen LogP contribution >= 0.6 is 13.4 Å². The van der Waals surface area contributed by atoms with Crippen LogP contribution < -0.4 is 0 Å². The van der Waals surface area contributed by atoms with E-state index in [-0.39, 0.29) is 17.1 Å². The minimum atomic E-state index is -3.81. The van der Waals surface area contributed by atoms with Crippen molar-refractivity contribution in [3.63, 3.8) is 0 Å². The molecule has 0 aromatic carbocycles. The van der Waals surface area contributed by atoms with E-state index in [4.69, 9.17) is 29.4 Å². The Kier molecular flexibility index (Phi) is 49.5. The first kappa shape index (κ1) is 53.0. The summed E-state index contributed by atoms with van der Waals surface area (Å²) in [6, 6.07) is 0. The number of rotatable bonds is 34. The van der Waals surface area contributed by atoms with Crippen LogP contribution in [0.5, 0.6) is 0 Å². The smallest absolute Gasteiger partial charge is 0.325 e. The third-order valence-electron chi connectivity index (χ3n) is 8.71. The molecule has 0 aliphatic heterocycles. The summed E-state index contributed by atoms with van der Waals surface area (Å²) in [4.78, 5) is 45.3. The Hall–Kier alpha value is 1.68. The SMILES string of the molecule is CCCCCCCCCCCCCCCCC[CH2][Zn][CH2]CCCCCCCCCCCCCCCCC.OP(O)(O)=S.OP(O)(O)=S. The van der Waals surface area contributed by atoms with E-state index in [1.54, 1.807) is 35.7 Å². The Morgan fingerprint density at radius 1 is 0.298 bits per heavy atom. The maximum atomic E-state index is 7.56. The first-order valence-electron chi connectivity index (χ1n) is 20.0. The Morgan fingerprint density at radius 2 is 0.426 bits per heavy atom. The fourth-order valence-electron chi connectivity index (χ4n) is 5.98. The Labute approximate surface area is 311 Å². The van der Waals surface area contributed by atoms with E-state index >= 15 is 0 Å². The van der Waals surface area contributed by atoms with E-state index in [2.05, 4.69) is 37.5 Å². The Morgan fingerprint density at radius 3 is 0.574 bits per heavy atom. The average Bonchev–Trinajstić information content (AvgIpc) is 2.98. The van der Waals surface area contributed by atoms with Gasteiger partial charge in [-0.2, -0.15) is 0 Å². The first-order valence-corrected chi connectivity index (χ1v) is 29.5. The summed E-state index contributed by atoms with van der Waals surface area (Å²) in [5.41, 5.74) is 0. The molecule has 284 valence electrons. The van der Waals surface area contributed by atoms with Gasteiger partial charge in [0.25, 0.3) is 0 Å². The predicted molar refractivity (Wildman–Crippen MR) is 211 cm³/mol. The third kappa shape index (κ3) is 78.2. The molecule has 0 aliphatic carbocycles. The van der Waals surface area contributed by atoms with Crippen molar-refractivity contribution in [1.29, 1.82) is 0 Å². The molecule has 0 atom stereocenters. The molecule has 0 unspecified atom stereocenters. The second kappa shape index (κ2) is 43.8. The monoisotopic (exact) mass is 798 g/mol. The van der Waals surface area contributed by atoms with E-state index in [1.165, 1.54) is 180 Å². The molecule has 0 heterocycles. The van der Waals surface area contributed by atoms with E-state index in [0.29, 0.717) is 0 Å². The van der Waals surface area contributed by atoms with Crippen molar-refractivity contribution in [1.82, 2.24) is 0 Å². The van der Waals surface area contributed by atoms with Gasteiger partial charge in [-0.1, -0.05) is 78.1 Å².